The minimum atomic E-state index is -0.624. The van der Waals surface area contributed by atoms with E-state index in [9.17, 15) is 9.59 Å². The molecule has 194 valence electrons. The number of hydrogen-bond acceptors (Lipinski definition) is 8. The zero-order valence-corrected chi connectivity index (χ0v) is 21.7. The van der Waals surface area contributed by atoms with Gasteiger partial charge in [-0.25, -0.2) is 19.6 Å². The summed E-state index contributed by atoms with van der Waals surface area (Å²) in [6, 6.07) is 20.3. The van der Waals surface area contributed by atoms with E-state index in [1.165, 1.54) is 6.07 Å². The maximum atomic E-state index is 13.0. The SMILES string of the molecule is CC1(C)COC(c2ccccc2OC(=O)c2cccc(C(=O)Oc3ccccc3C3=NC(C)(C)CO3)c2)=N1. The van der Waals surface area contributed by atoms with Crippen LogP contribution in [0.1, 0.15) is 59.5 Å². The Morgan fingerprint density at radius 1 is 0.658 bits per heavy atom. The third-order valence-corrected chi connectivity index (χ3v) is 5.91. The molecule has 0 fully saturated rings. The highest BCUT2D eigenvalue weighted by molar-refractivity contribution is 6.02. The van der Waals surface area contributed by atoms with Gasteiger partial charge in [0.2, 0.25) is 11.8 Å². The van der Waals surface area contributed by atoms with Gasteiger partial charge in [-0.05, 0) is 70.2 Å². The number of carbonyl (C=O) groups excluding carboxylic acids is 2. The molecule has 0 bridgehead atoms. The Morgan fingerprint density at radius 2 is 1.08 bits per heavy atom. The lowest BCUT2D eigenvalue weighted by Gasteiger charge is -2.11. The van der Waals surface area contributed by atoms with Gasteiger partial charge in [-0.2, -0.15) is 0 Å². The molecule has 2 aliphatic heterocycles. The van der Waals surface area contributed by atoms with Crippen LogP contribution in [0.15, 0.2) is 82.8 Å². The fourth-order valence-corrected chi connectivity index (χ4v) is 4.00. The molecule has 2 heterocycles. The third kappa shape index (κ3) is 5.44. The van der Waals surface area contributed by atoms with Gasteiger partial charge in [-0.1, -0.05) is 30.3 Å². The molecule has 0 radical (unpaired) electrons. The van der Waals surface area contributed by atoms with E-state index in [0.717, 1.165) is 0 Å². The molecule has 8 nitrogen and oxygen atoms in total. The van der Waals surface area contributed by atoms with Crippen molar-refractivity contribution in [1.82, 2.24) is 0 Å². The number of esters is 2. The van der Waals surface area contributed by atoms with E-state index < -0.39 is 11.9 Å². The number of aliphatic imine (C=N–C) groups is 2. The average molecular weight is 513 g/mol. The predicted octanol–water partition coefficient (Wildman–Crippen LogP) is 5.24. The van der Waals surface area contributed by atoms with Crippen LogP contribution in [0.5, 0.6) is 11.5 Å². The number of ether oxygens (including phenoxy) is 4. The van der Waals surface area contributed by atoms with Gasteiger partial charge in [0, 0.05) is 0 Å². The Morgan fingerprint density at radius 3 is 1.47 bits per heavy atom. The van der Waals surface area contributed by atoms with Gasteiger partial charge < -0.3 is 18.9 Å². The molecule has 0 saturated heterocycles. The Balaban J connectivity index is 1.34. The van der Waals surface area contributed by atoms with Crippen LogP contribution in [0.3, 0.4) is 0 Å². The number of hydrogen-bond donors (Lipinski definition) is 0. The molecule has 0 saturated carbocycles. The molecule has 0 N–H and O–H groups in total. The van der Waals surface area contributed by atoms with Crippen molar-refractivity contribution in [3.8, 4) is 11.5 Å². The molecule has 0 aromatic heterocycles. The lowest BCUT2D eigenvalue weighted by molar-refractivity contribution is 0.0734. The largest absolute Gasteiger partial charge is 0.475 e. The summed E-state index contributed by atoms with van der Waals surface area (Å²) in [5.41, 5.74) is 0.848. The highest BCUT2D eigenvalue weighted by Crippen LogP contribution is 2.28. The van der Waals surface area contributed by atoms with Crippen molar-refractivity contribution >= 4 is 23.7 Å². The van der Waals surface area contributed by atoms with Crippen LogP contribution >= 0.6 is 0 Å². The second-order valence-corrected chi connectivity index (χ2v) is 10.4. The average Bonchev–Trinajstić information content (AvgIpc) is 3.45. The molecular weight excluding hydrogens is 484 g/mol. The number of para-hydroxylation sites is 2. The molecule has 0 aliphatic carbocycles. The van der Waals surface area contributed by atoms with Crippen LogP contribution in [0.25, 0.3) is 0 Å². The van der Waals surface area contributed by atoms with E-state index >= 15 is 0 Å². The maximum absolute atomic E-state index is 13.0. The van der Waals surface area contributed by atoms with Gasteiger partial charge in [0.05, 0.1) is 33.3 Å². The van der Waals surface area contributed by atoms with Crippen LogP contribution in [-0.2, 0) is 9.47 Å². The molecule has 0 amide bonds. The van der Waals surface area contributed by atoms with E-state index in [0.29, 0.717) is 47.6 Å². The van der Waals surface area contributed by atoms with Crippen molar-refractivity contribution in [3.63, 3.8) is 0 Å². The number of carbonyl (C=O) groups is 2. The molecule has 0 unspecified atom stereocenters. The van der Waals surface area contributed by atoms with Crippen molar-refractivity contribution in [3.05, 3.63) is 95.1 Å². The zero-order valence-electron chi connectivity index (χ0n) is 21.7. The normalized spacial score (nSPS) is 17.1. The zero-order chi connectivity index (χ0) is 26.9. The lowest BCUT2D eigenvalue weighted by atomic mass is 10.1. The van der Waals surface area contributed by atoms with Crippen LogP contribution < -0.4 is 9.47 Å². The first kappa shape index (κ1) is 25.2. The first-order valence-electron chi connectivity index (χ1n) is 12.3. The monoisotopic (exact) mass is 512 g/mol. The first-order valence-corrected chi connectivity index (χ1v) is 12.3. The van der Waals surface area contributed by atoms with E-state index in [2.05, 4.69) is 9.98 Å². The number of nitrogens with zero attached hydrogens (tertiary/aromatic N) is 2. The summed E-state index contributed by atoms with van der Waals surface area (Å²) in [7, 11) is 0. The molecule has 3 aromatic carbocycles. The molecule has 8 heteroatoms. The van der Waals surface area contributed by atoms with Crippen LogP contribution in [0.2, 0.25) is 0 Å². The lowest BCUT2D eigenvalue weighted by Crippen LogP contribution is -2.17. The van der Waals surface area contributed by atoms with Crippen molar-refractivity contribution in [2.24, 2.45) is 9.98 Å². The quantitative estimate of drug-likeness (QED) is 0.331. The molecule has 38 heavy (non-hydrogen) atoms. The Bertz CT molecular complexity index is 1360. The fourth-order valence-electron chi connectivity index (χ4n) is 4.00. The summed E-state index contributed by atoms with van der Waals surface area (Å²) in [6.45, 7) is 8.74. The highest BCUT2D eigenvalue weighted by atomic mass is 16.5. The summed E-state index contributed by atoms with van der Waals surface area (Å²) in [5, 5.41) is 0. The molecule has 0 spiro atoms. The van der Waals surface area contributed by atoms with E-state index in [4.69, 9.17) is 18.9 Å². The Labute approximate surface area is 220 Å². The van der Waals surface area contributed by atoms with Gasteiger partial charge in [0.15, 0.2) is 0 Å². The van der Waals surface area contributed by atoms with Crippen molar-refractivity contribution in [2.45, 2.75) is 38.8 Å². The molecule has 5 rings (SSSR count). The van der Waals surface area contributed by atoms with E-state index in [1.807, 2.05) is 39.8 Å². The summed E-state index contributed by atoms with van der Waals surface area (Å²) >= 11 is 0. The highest BCUT2D eigenvalue weighted by Gasteiger charge is 2.30. The standard InChI is InChI=1S/C30H28N2O6/c1-29(2)17-35-25(31-29)21-12-5-7-14-23(21)37-27(33)19-10-9-11-20(16-19)28(34)38-24-15-8-6-13-22(24)26-32-30(3,4)18-36-26/h5-16H,17-18H2,1-4H3. The minimum Gasteiger partial charge on any atom is -0.475 e. The molecule has 0 atom stereocenters. The second-order valence-electron chi connectivity index (χ2n) is 10.4. The van der Waals surface area contributed by atoms with Gasteiger partial charge >= 0.3 is 11.9 Å². The van der Waals surface area contributed by atoms with Gasteiger partial charge in [0.1, 0.15) is 24.7 Å². The van der Waals surface area contributed by atoms with Gasteiger partial charge in [-0.15, -0.1) is 0 Å². The summed E-state index contributed by atoms with van der Waals surface area (Å²) < 4.78 is 22.8. The maximum Gasteiger partial charge on any atom is 0.343 e. The minimum absolute atomic E-state index is 0.197. The van der Waals surface area contributed by atoms with Gasteiger partial charge in [0.25, 0.3) is 0 Å². The Hall–Kier alpha value is -4.46. The summed E-state index contributed by atoms with van der Waals surface area (Å²) in [6.07, 6.45) is 0. The summed E-state index contributed by atoms with van der Waals surface area (Å²) in [5.74, 6) is 0.233. The number of benzene rings is 3. The third-order valence-electron chi connectivity index (χ3n) is 5.91. The molecule has 2 aliphatic rings. The smallest absolute Gasteiger partial charge is 0.343 e. The fraction of sp³-hybridized carbons (Fsp3) is 0.267. The van der Waals surface area contributed by atoms with Crippen LogP contribution in [0, 0.1) is 0 Å². The number of rotatable bonds is 6. The van der Waals surface area contributed by atoms with E-state index in [-0.39, 0.29) is 22.2 Å². The predicted molar refractivity (Wildman–Crippen MR) is 142 cm³/mol. The Kier molecular flexibility index (Phi) is 6.48. The van der Waals surface area contributed by atoms with E-state index in [1.54, 1.807) is 54.6 Å². The van der Waals surface area contributed by atoms with Crippen LogP contribution in [0.4, 0.5) is 0 Å². The van der Waals surface area contributed by atoms with Crippen molar-refractivity contribution in [1.29, 1.82) is 0 Å². The molecule has 3 aromatic rings. The topological polar surface area (TPSA) is 95.8 Å². The van der Waals surface area contributed by atoms with Crippen LogP contribution in [-0.4, -0.2) is 48.0 Å². The first-order chi connectivity index (χ1) is 18.1. The molecular formula is C30H28N2O6. The summed E-state index contributed by atoms with van der Waals surface area (Å²) in [4.78, 5) is 35.2. The second kappa shape index (κ2) is 9.78. The van der Waals surface area contributed by atoms with Crippen molar-refractivity contribution < 1.29 is 28.5 Å². The van der Waals surface area contributed by atoms with Gasteiger partial charge in [-0.3, -0.25) is 0 Å². The van der Waals surface area contributed by atoms with Crippen molar-refractivity contribution in [2.75, 3.05) is 13.2 Å².